The zero-order chi connectivity index (χ0) is 18.6. The number of thioether (sulfide) groups is 1. The molecule has 0 unspecified atom stereocenters. The summed E-state index contributed by atoms with van der Waals surface area (Å²) in [7, 11) is 0. The normalized spacial score (nSPS) is 14.8. The van der Waals surface area contributed by atoms with Crippen LogP contribution in [0.2, 0.25) is 0 Å². The standard InChI is InChI=1S/C18H17F3N2O2S/c19-18(20,21)15-7-4-8-16(22-15)25-14-9-23(10-14)17(24)12-26-11-13-5-2-1-3-6-13/h1-8,14H,9-12H2. The van der Waals surface area contributed by atoms with E-state index in [-0.39, 0.29) is 17.9 Å². The van der Waals surface area contributed by atoms with Crippen molar-refractivity contribution in [2.75, 3.05) is 18.8 Å². The monoisotopic (exact) mass is 382 g/mol. The zero-order valence-electron chi connectivity index (χ0n) is 13.8. The van der Waals surface area contributed by atoms with Crippen LogP contribution in [0.1, 0.15) is 11.3 Å². The van der Waals surface area contributed by atoms with Crippen LogP contribution in [0.15, 0.2) is 48.5 Å². The Balaban J connectivity index is 1.40. The molecule has 0 bridgehead atoms. The first-order valence-corrected chi connectivity index (χ1v) is 9.17. The average Bonchev–Trinajstić information content (AvgIpc) is 2.58. The molecule has 1 aromatic carbocycles. The molecule has 1 fully saturated rings. The maximum absolute atomic E-state index is 12.6. The highest BCUT2D eigenvalue weighted by molar-refractivity contribution is 7.99. The van der Waals surface area contributed by atoms with Gasteiger partial charge in [0.05, 0.1) is 18.8 Å². The largest absolute Gasteiger partial charge is 0.471 e. The lowest BCUT2D eigenvalue weighted by Crippen LogP contribution is -2.56. The van der Waals surface area contributed by atoms with Crippen molar-refractivity contribution in [1.82, 2.24) is 9.88 Å². The topological polar surface area (TPSA) is 42.4 Å². The number of alkyl halides is 3. The molecule has 2 heterocycles. The van der Waals surface area contributed by atoms with E-state index in [1.54, 1.807) is 4.90 Å². The quantitative estimate of drug-likeness (QED) is 0.765. The second-order valence-corrected chi connectivity index (χ2v) is 6.86. The molecule has 1 aromatic heterocycles. The number of carbonyl (C=O) groups excluding carboxylic acids is 1. The van der Waals surface area contributed by atoms with Crippen molar-refractivity contribution in [3.63, 3.8) is 0 Å². The Kier molecular flexibility index (Phi) is 5.70. The summed E-state index contributed by atoms with van der Waals surface area (Å²) in [5.41, 5.74) is 0.172. The molecule has 1 saturated heterocycles. The van der Waals surface area contributed by atoms with Crippen molar-refractivity contribution >= 4 is 17.7 Å². The highest BCUT2D eigenvalue weighted by Crippen LogP contribution is 2.29. The van der Waals surface area contributed by atoms with Gasteiger partial charge in [-0.15, -0.1) is 11.8 Å². The molecule has 2 aromatic rings. The summed E-state index contributed by atoms with van der Waals surface area (Å²) in [5, 5.41) is 0. The van der Waals surface area contributed by atoms with Gasteiger partial charge >= 0.3 is 6.18 Å². The van der Waals surface area contributed by atoms with Crippen LogP contribution in [0, 0.1) is 0 Å². The number of aromatic nitrogens is 1. The van der Waals surface area contributed by atoms with E-state index in [1.807, 2.05) is 30.3 Å². The molecule has 0 N–H and O–H groups in total. The number of hydrogen-bond donors (Lipinski definition) is 0. The first kappa shape index (κ1) is 18.6. The van der Waals surface area contributed by atoms with E-state index in [9.17, 15) is 18.0 Å². The Morgan fingerprint density at radius 1 is 1.15 bits per heavy atom. The van der Waals surface area contributed by atoms with Crippen molar-refractivity contribution < 1.29 is 22.7 Å². The smallest absolute Gasteiger partial charge is 0.433 e. The number of likely N-dealkylation sites (tertiary alicyclic amines) is 1. The molecule has 138 valence electrons. The molecule has 0 saturated carbocycles. The number of nitrogens with zero attached hydrogens (tertiary/aromatic N) is 2. The predicted octanol–water partition coefficient (Wildman–Crippen LogP) is 3.62. The predicted molar refractivity (Wildman–Crippen MR) is 92.8 cm³/mol. The van der Waals surface area contributed by atoms with Crippen molar-refractivity contribution in [2.24, 2.45) is 0 Å². The molecular weight excluding hydrogens is 365 g/mol. The number of benzene rings is 1. The van der Waals surface area contributed by atoms with Crippen molar-refractivity contribution in [1.29, 1.82) is 0 Å². The fourth-order valence-electron chi connectivity index (χ4n) is 2.45. The minimum atomic E-state index is -4.50. The number of hydrogen-bond acceptors (Lipinski definition) is 4. The van der Waals surface area contributed by atoms with Gasteiger partial charge in [0.25, 0.3) is 0 Å². The first-order chi connectivity index (χ1) is 12.4. The maximum Gasteiger partial charge on any atom is 0.433 e. The van der Waals surface area contributed by atoms with Crippen LogP contribution >= 0.6 is 11.8 Å². The summed E-state index contributed by atoms with van der Waals surface area (Å²) in [5.74, 6) is 1.05. The van der Waals surface area contributed by atoms with Crippen LogP contribution in [0.5, 0.6) is 5.88 Å². The third-order valence-electron chi connectivity index (χ3n) is 3.84. The van der Waals surface area contributed by atoms with Gasteiger partial charge in [-0.05, 0) is 11.6 Å². The van der Waals surface area contributed by atoms with Gasteiger partial charge in [-0.25, -0.2) is 4.98 Å². The molecule has 3 rings (SSSR count). The highest BCUT2D eigenvalue weighted by atomic mass is 32.2. The van der Waals surface area contributed by atoms with E-state index in [4.69, 9.17) is 4.74 Å². The minimum absolute atomic E-state index is 0.00258. The number of pyridine rings is 1. The van der Waals surface area contributed by atoms with Crippen LogP contribution in [0.25, 0.3) is 0 Å². The lowest BCUT2D eigenvalue weighted by Gasteiger charge is -2.38. The third kappa shape index (κ3) is 4.91. The van der Waals surface area contributed by atoms with Gasteiger partial charge in [0.15, 0.2) is 0 Å². The van der Waals surface area contributed by atoms with Gasteiger partial charge in [0.1, 0.15) is 11.8 Å². The minimum Gasteiger partial charge on any atom is -0.471 e. The van der Waals surface area contributed by atoms with Crippen molar-refractivity contribution in [2.45, 2.75) is 18.0 Å². The van der Waals surface area contributed by atoms with E-state index < -0.39 is 11.9 Å². The second kappa shape index (κ2) is 7.99. The van der Waals surface area contributed by atoms with Crippen LogP contribution in [0.3, 0.4) is 0 Å². The van der Waals surface area contributed by atoms with Gasteiger partial charge in [-0.1, -0.05) is 36.4 Å². The van der Waals surface area contributed by atoms with Crippen LogP contribution < -0.4 is 4.74 Å². The number of amides is 1. The van der Waals surface area contributed by atoms with Crippen LogP contribution in [-0.2, 0) is 16.7 Å². The third-order valence-corrected chi connectivity index (χ3v) is 4.83. The second-order valence-electron chi connectivity index (χ2n) is 5.88. The van der Waals surface area contributed by atoms with E-state index in [0.29, 0.717) is 18.8 Å². The lowest BCUT2D eigenvalue weighted by atomic mass is 10.1. The Morgan fingerprint density at radius 3 is 2.58 bits per heavy atom. The Bertz CT molecular complexity index is 750. The zero-order valence-corrected chi connectivity index (χ0v) is 14.6. The molecule has 0 aliphatic carbocycles. The molecule has 0 atom stereocenters. The molecule has 1 amide bonds. The van der Waals surface area contributed by atoms with Crippen LogP contribution in [-0.4, -0.2) is 40.7 Å². The van der Waals surface area contributed by atoms with E-state index in [0.717, 1.165) is 17.4 Å². The summed E-state index contributed by atoms with van der Waals surface area (Å²) in [6, 6.07) is 13.4. The molecule has 1 aliphatic heterocycles. The Morgan fingerprint density at radius 2 is 1.88 bits per heavy atom. The molecule has 26 heavy (non-hydrogen) atoms. The van der Waals surface area contributed by atoms with E-state index in [2.05, 4.69) is 4.98 Å². The lowest BCUT2D eigenvalue weighted by molar-refractivity contribution is -0.141. The Hall–Kier alpha value is -2.22. The van der Waals surface area contributed by atoms with Crippen molar-refractivity contribution in [3.05, 3.63) is 59.8 Å². The SMILES string of the molecule is O=C(CSCc1ccccc1)N1CC(Oc2cccc(C(F)(F)F)n2)C1. The van der Waals surface area contributed by atoms with Gasteiger partial charge in [0, 0.05) is 11.8 Å². The summed E-state index contributed by atoms with van der Waals surface area (Å²) in [6.45, 7) is 0.727. The number of carbonyl (C=O) groups is 1. The maximum atomic E-state index is 12.6. The summed E-state index contributed by atoms with van der Waals surface area (Å²) >= 11 is 1.53. The molecular formula is C18H17F3N2O2S. The molecule has 0 spiro atoms. The molecule has 4 nitrogen and oxygen atoms in total. The van der Waals surface area contributed by atoms with Crippen molar-refractivity contribution in [3.8, 4) is 5.88 Å². The van der Waals surface area contributed by atoms with Gasteiger partial charge in [-0.2, -0.15) is 13.2 Å². The van der Waals surface area contributed by atoms with Gasteiger partial charge in [0.2, 0.25) is 11.8 Å². The van der Waals surface area contributed by atoms with Crippen LogP contribution in [0.4, 0.5) is 13.2 Å². The van der Waals surface area contributed by atoms with E-state index in [1.165, 1.54) is 23.9 Å². The summed E-state index contributed by atoms with van der Waals surface area (Å²) in [4.78, 5) is 17.2. The number of rotatable bonds is 6. The fraction of sp³-hybridized carbons (Fsp3) is 0.333. The molecule has 0 radical (unpaired) electrons. The fourth-order valence-corrected chi connectivity index (χ4v) is 3.33. The Labute approximate surface area is 153 Å². The van der Waals surface area contributed by atoms with E-state index >= 15 is 0 Å². The number of halogens is 3. The van der Waals surface area contributed by atoms with Gasteiger partial charge < -0.3 is 9.64 Å². The first-order valence-electron chi connectivity index (χ1n) is 8.02. The summed E-state index contributed by atoms with van der Waals surface area (Å²) < 4.78 is 43.3. The van der Waals surface area contributed by atoms with Gasteiger partial charge in [-0.3, -0.25) is 4.79 Å². The average molecular weight is 382 g/mol. The molecule has 8 heteroatoms. The molecule has 1 aliphatic rings. The number of ether oxygens (including phenoxy) is 1. The highest BCUT2D eigenvalue weighted by Gasteiger charge is 2.35. The summed E-state index contributed by atoms with van der Waals surface area (Å²) in [6.07, 6.45) is -4.83.